The van der Waals surface area contributed by atoms with Gasteiger partial charge in [0, 0.05) is 24.7 Å². The van der Waals surface area contributed by atoms with E-state index >= 15 is 0 Å². The maximum atomic E-state index is 11.9. The standard InChI is InChI=1S/C15H23ClN2O2/c1-6-13(16)17-11(2)12-7-9-18(10-8-12)14(19)20-15(3,4)5/h6,12H,1-2,7-10H2,3-5H3/b17-13+. The molecule has 0 radical (unpaired) electrons. The fraction of sp³-hybridized carbons (Fsp3) is 0.600. The van der Waals surface area contributed by atoms with Gasteiger partial charge in [0.1, 0.15) is 10.8 Å². The van der Waals surface area contributed by atoms with Crippen LogP contribution in [0.2, 0.25) is 0 Å². The van der Waals surface area contributed by atoms with Crippen LogP contribution in [0.15, 0.2) is 29.9 Å². The number of hydrogen-bond acceptors (Lipinski definition) is 3. The van der Waals surface area contributed by atoms with Crippen molar-refractivity contribution in [1.29, 1.82) is 0 Å². The van der Waals surface area contributed by atoms with E-state index in [2.05, 4.69) is 18.2 Å². The lowest BCUT2D eigenvalue weighted by atomic mass is 9.94. The van der Waals surface area contributed by atoms with Crippen LogP contribution >= 0.6 is 11.6 Å². The molecule has 0 spiro atoms. The number of halogens is 1. The van der Waals surface area contributed by atoms with Crippen LogP contribution in [0.4, 0.5) is 4.79 Å². The Hall–Kier alpha value is -1.29. The molecule has 0 atom stereocenters. The number of aliphatic imine (C=N–C) groups is 1. The molecule has 20 heavy (non-hydrogen) atoms. The van der Waals surface area contributed by atoms with Crippen LogP contribution in [-0.2, 0) is 4.74 Å². The molecule has 1 rings (SSSR count). The van der Waals surface area contributed by atoms with E-state index in [0.29, 0.717) is 18.3 Å². The summed E-state index contributed by atoms with van der Waals surface area (Å²) in [4.78, 5) is 17.8. The second kappa shape index (κ2) is 6.93. The molecule has 1 aliphatic rings. The predicted octanol–water partition coefficient (Wildman–Crippen LogP) is 3.97. The molecule has 0 saturated carbocycles. The maximum Gasteiger partial charge on any atom is 0.410 e. The molecule has 0 unspecified atom stereocenters. The molecule has 0 aromatic carbocycles. The second-order valence-corrected chi connectivity index (χ2v) is 6.26. The van der Waals surface area contributed by atoms with Gasteiger partial charge in [-0.2, -0.15) is 0 Å². The van der Waals surface area contributed by atoms with Gasteiger partial charge in [-0.1, -0.05) is 24.8 Å². The summed E-state index contributed by atoms with van der Waals surface area (Å²) in [5.41, 5.74) is 0.290. The van der Waals surface area contributed by atoms with Gasteiger partial charge >= 0.3 is 6.09 Å². The summed E-state index contributed by atoms with van der Waals surface area (Å²) in [5.74, 6) is 0.252. The van der Waals surface area contributed by atoms with E-state index in [4.69, 9.17) is 16.3 Å². The van der Waals surface area contributed by atoms with Gasteiger partial charge in [0.25, 0.3) is 0 Å². The molecular weight excluding hydrogens is 276 g/mol. The van der Waals surface area contributed by atoms with Crippen LogP contribution in [-0.4, -0.2) is 34.9 Å². The second-order valence-electron chi connectivity index (χ2n) is 5.87. The van der Waals surface area contributed by atoms with Crippen molar-refractivity contribution >= 4 is 22.9 Å². The van der Waals surface area contributed by atoms with Crippen molar-refractivity contribution in [3.63, 3.8) is 0 Å². The van der Waals surface area contributed by atoms with Crippen molar-refractivity contribution < 1.29 is 9.53 Å². The number of carbonyl (C=O) groups excluding carboxylic acids is 1. The molecule has 0 aliphatic carbocycles. The number of ether oxygens (including phenoxy) is 1. The molecule has 0 bridgehead atoms. The van der Waals surface area contributed by atoms with Gasteiger partial charge in [0.05, 0.1) is 0 Å². The molecule has 5 heteroatoms. The third-order valence-electron chi connectivity index (χ3n) is 3.04. The lowest BCUT2D eigenvalue weighted by Gasteiger charge is -2.33. The van der Waals surface area contributed by atoms with Crippen LogP contribution in [0.25, 0.3) is 0 Å². The van der Waals surface area contributed by atoms with Gasteiger partial charge in [-0.15, -0.1) is 0 Å². The summed E-state index contributed by atoms with van der Waals surface area (Å²) in [6.45, 7) is 14.4. The Morgan fingerprint density at radius 1 is 1.40 bits per heavy atom. The smallest absolute Gasteiger partial charge is 0.410 e. The van der Waals surface area contributed by atoms with Crippen LogP contribution < -0.4 is 0 Å². The summed E-state index contributed by atoms with van der Waals surface area (Å²) < 4.78 is 5.36. The Kier molecular flexibility index (Phi) is 5.81. The third kappa shape index (κ3) is 5.37. The lowest BCUT2D eigenvalue weighted by molar-refractivity contribution is 0.0194. The van der Waals surface area contributed by atoms with Crippen molar-refractivity contribution in [1.82, 2.24) is 4.90 Å². The largest absolute Gasteiger partial charge is 0.444 e. The van der Waals surface area contributed by atoms with Gasteiger partial charge in [-0.3, -0.25) is 0 Å². The fourth-order valence-corrected chi connectivity index (χ4v) is 2.10. The van der Waals surface area contributed by atoms with Crippen molar-refractivity contribution in [3.8, 4) is 0 Å². The Morgan fingerprint density at radius 2 is 1.95 bits per heavy atom. The molecule has 112 valence electrons. The van der Waals surface area contributed by atoms with Crippen LogP contribution in [0.3, 0.4) is 0 Å². The first-order valence-corrected chi connectivity index (χ1v) is 7.14. The number of amides is 1. The molecule has 1 heterocycles. The van der Waals surface area contributed by atoms with Gasteiger partial charge in [0.2, 0.25) is 0 Å². The van der Waals surface area contributed by atoms with E-state index in [1.165, 1.54) is 6.08 Å². The van der Waals surface area contributed by atoms with Gasteiger partial charge in [-0.25, -0.2) is 9.79 Å². The number of hydrogen-bond donors (Lipinski definition) is 0. The first kappa shape index (κ1) is 16.8. The minimum absolute atomic E-state index is 0.252. The molecular formula is C15H23ClN2O2. The van der Waals surface area contributed by atoms with E-state index in [0.717, 1.165) is 18.5 Å². The average Bonchev–Trinajstić information content (AvgIpc) is 2.36. The minimum Gasteiger partial charge on any atom is -0.444 e. The number of carbonyl (C=O) groups is 1. The monoisotopic (exact) mass is 298 g/mol. The molecule has 1 saturated heterocycles. The molecule has 1 aliphatic heterocycles. The van der Waals surface area contributed by atoms with Crippen molar-refractivity contribution in [2.24, 2.45) is 10.9 Å². The topological polar surface area (TPSA) is 41.9 Å². The third-order valence-corrected chi connectivity index (χ3v) is 3.28. The van der Waals surface area contributed by atoms with E-state index < -0.39 is 5.60 Å². The van der Waals surface area contributed by atoms with Crippen molar-refractivity contribution in [2.75, 3.05) is 13.1 Å². The summed E-state index contributed by atoms with van der Waals surface area (Å²) in [6, 6.07) is 0. The average molecular weight is 299 g/mol. The zero-order valence-corrected chi connectivity index (χ0v) is 13.2. The number of rotatable bonds is 3. The van der Waals surface area contributed by atoms with Crippen LogP contribution in [0, 0.1) is 5.92 Å². The molecule has 4 nitrogen and oxygen atoms in total. The molecule has 1 fully saturated rings. The summed E-state index contributed by atoms with van der Waals surface area (Å²) in [6.07, 6.45) is 2.88. The predicted molar refractivity (Wildman–Crippen MR) is 83.2 cm³/mol. The number of likely N-dealkylation sites (tertiary alicyclic amines) is 1. The highest BCUT2D eigenvalue weighted by Crippen LogP contribution is 2.25. The zero-order chi connectivity index (χ0) is 15.3. The molecule has 0 aromatic heterocycles. The van der Waals surface area contributed by atoms with E-state index in [-0.39, 0.29) is 12.0 Å². The normalized spacial score (nSPS) is 17.8. The lowest BCUT2D eigenvalue weighted by Crippen LogP contribution is -2.41. The quantitative estimate of drug-likeness (QED) is 0.740. The zero-order valence-electron chi connectivity index (χ0n) is 12.5. The fourth-order valence-electron chi connectivity index (χ4n) is 2.00. The number of piperidine rings is 1. The Labute approximate surface area is 126 Å². The van der Waals surface area contributed by atoms with Crippen LogP contribution in [0.1, 0.15) is 33.6 Å². The first-order valence-electron chi connectivity index (χ1n) is 6.76. The highest BCUT2D eigenvalue weighted by Gasteiger charge is 2.27. The SMILES string of the molecule is C=C/C(Cl)=N\C(=C)C1CCN(C(=O)OC(C)(C)C)CC1. The first-order chi connectivity index (χ1) is 9.23. The Balaban J connectivity index is 2.50. The molecule has 1 amide bonds. The minimum atomic E-state index is -0.459. The summed E-state index contributed by atoms with van der Waals surface area (Å²) >= 11 is 5.82. The molecule has 0 N–H and O–H groups in total. The van der Waals surface area contributed by atoms with E-state index in [1.807, 2.05) is 20.8 Å². The van der Waals surface area contributed by atoms with Crippen molar-refractivity contribution in [3.05, 3.63) is 24.9 Å². The summed E-state index contributed by atoms with van der Waals surface area (Å²) in [7, 11) is 0. The van der Waals surface area contributed by atoms with Gasteiger partial charge < -0.3 is 9.64 Å². The Bertz CT molecular complexity index is 416. The molecule has 0 aromatic rings. The maximum absolute atomic E-state index is 11.9. The Morgan fingerprint density at radius 3 is 2.40 bits per heavy atom. The highest BCUT2D eigenvalue weighted by molar-refractivity contribution is 6.68. The highest BCUT2D eigenvalue weighted by atomic mass is 35.5. The number of nitrogens with zero attached hydrogens (tertiary/aromatic N) is 2. The number of allylic oxidation sites excluding steroid dienone is 2. The van der Waals surface area contributed by atoms with Crippen molar-refractivity contribution in [2.45, 2.75) is 39.2 Å². The van der Waals surface area contributed by atoms with E-state index in [1.54, 1.807) is 4.90 Å². The van der Waals surface area contributed by atoms with E-state index in [9.17, 15) is 4.79 Å². The van der Waals surface area contributed by atoms with Crippen LogP contribution in [0.5, 0.6) is 0 Å². The van der Waals surface area contributed by atoms with Gasteiger partial charge in [0.15, 0.2) is 0 Å². The van der Waals surface area contributed by atoms with Gasteiger partial charge in [-0.05, 0) is 39.7 Å². The summed E-state index contributed by atoms with van der Waals surface area (Å²) in [5, 5.41) is 0.351.